The normalized spacial score (nSPS) is 12.0. The van der Waals surface area contributed by atoms with E-state index in [0.717, 1.165) is 18.3 Å². The first-order chi connectivity index (χ1) is 16.2. The van der Waals surface area contributed by atoms with E-state index in [2.05, 4.69) is 0 Å². The van der Waals surface area contributed by atoms with Crippen LogP contribution in [0.3, 0.4) is 0 Å². The quantitative estimate of drug-likeness (QED) is 0.0599. The summed E-state index contributed by atoms with van der Waals surface area (Å²) in [4.78, 5) is 0. The van der Waals surface area contributed by atoms with Crippen molar-refractivity contribution >= 4 is 20.4 Å². The maximum atomic E-state index is 5.71. The van der Waals surface area contributed by atoms with Crippen LogP contribution in [-0.4, -0.2) is 36.0 Å². The molecule has 0 heterocycles. The van der Waals surface area contributed by atoms with Gasteiger partial charge < -0.3 is 13.3 Å². The lowest BCUT2D eigenvalue weighted by atomic mass is 10.0. The smallest absolute Gasteiger partial charge is 0.377 e. The summed E-state index contributed by atoms with van der Waals surface area (Å²) in [6.07, 6.45) is 32.1. The molecule has 0 aromatic rings. The van der Waals surface area contributed by atoms with Gasteiger partial charge in [0, 0.05) is 33.3 Å². The Hall–Kier alpha value is 0.387. The molecule has 0 aromatic carbocycles. The van der Waals surface area contributed by atoms with E-state index in [4.69, 9.17) is 24.9 Å². The number of unbranched alkanes of at least 4 members (excludes halogenated alkanes) is 22. The minimum absolute atomic E-state index is 0.838. The highest BCUT2D eigenvalue weighted by Crippen LogP contribution is 2.19. The van der Waals surface area contributed by atoms with Crippen molar-refractivity contribution in [3.63, 3.8) is 0 Å². The zero-order valence-electron chi connectivity index (χ0n) is 22.8. The summed E-state index contributed by atoms with van der Waals surface area (Å²) in [5.41, 5.74) is 0. The van der Waals surface area contributed by atoms with Crippen molar-refractivity contribution in [2.24, 2.45) is 0 Å². The first kappa shape index (κ1) is 33.4. The van der Waals surface area contributed by atoms with E-state index in [-0.39, 0.29) is 0 Å². The van der Waals surface area contributed by atoms with Crippen LogP contribution in [-0.2, 0) is 13.3 Å². The topological polar surface area (TPSA) is 27.7 Å². The molecular formula is C28H59ClO3Si. The van der Waals surface area contributed by atoms with Crippen LogP contribution < -0.4 is 0 Å². The Morgan fingerprint density at radius 1 is 0.364 bits per heavy atom. The summed E-state index contributed by atoms with van der Waals surface area (Å²) in [5, 5.41) is 0. The van der Waals surface area contributed by atoms with Gasteiger partial charge in [0.05, 0.1) is 0 Å². The lowest BCUT2D eigenvalue weighted by Crippen LogP contribution is -2.42. The van der Waals surface area contributed by atoms with Crippen molar-refractivity contribution in [2.45, 2.75) is 154 Å². The number of rotatable bonds is 28. The van der Waals surface area contributed by atoms with Crippen LogP contribution in [0.25, 0.3) is 0 Å². The molecule has 0 aliphatic carbocycles. The Morgan fingerprint density at radius 2 is 0.576 bits per heavy atom. The molecule has 200 valence electrons. The number of halogens is 1. The van der Waals surface area contributed by atoms with Crippen LogP contribution in [0.4, 0.5) is 0 Å². The molecule has 0 unspecified atom stereocenters. The number of hydrogen-bond donors (Lipinski definition) is 0. The van der Waals surface area contributed by atoms with Gasteiger partial charge in [-0.15, -0.1) is 11.6 Å². The molecule has 0 aromatic heterocycles. The molecule has 0 aliphatic heterocycles. The maximum absolute atomic E-state index is 5.71. The number of alkyl halides is 1. The van der Waals surface area contributed by atoms with Crippen molar-refractivity contribution in [1.82, 2.24) is 0 Å². The minimum atomic E-state index is -2.34. The maximum Gasteiger partial charge on any atom is 0.500 e. The molecule has 0 N–H and O–H groups in total. The second kappa shape index (κ2) is 27.0. The van der Waals surface area contributed by atoms with E-state index in [1.807, 2.05) is 0 Å². The zero-order chi connectivity index (χ0) is 24.3. The summed E-state index contributed by atoms with van der Waals surface area (Å²) in [6.45, 7) is 0. The standard InChI is InChI=1S/C28H59ClO3Si/c1-30-33(31-2,32-3)28-26-24-22-20-18-16-14-12-10-8-6-4-5-7-9-11-13-15-17-19-21-23-25-27-29/h4-28H2,1-3H3. The third-order valence-corrected chi connectivity index (χ3v) is 10.1. The van der Waals surface area contributed by atoms with Crippen LogP contribution in [0.2, 0.25) is 6.04 Å². The molecule has 0 radical (unpaired) electrons. The Balaban J connectivity index is 3.15. The average molecular weight is 507 g/mol. The molecule has 0 amide bonds. The van der Waals surface area contributed by atoms with Crippen molar-refractivity contribution in [1.29, 1.82) is 0 Å². The fourth-order valence-electron chi connectivity index (χ4n) is 4.70. The predicted octanol–water partition coefficient (Wildman–Crippen LogP) is 10.1. The van der Waals surface area contributed by atoms with Gasteiger partial charge in [-0.25, -0.2) is 0 Å². The van der Waals surface area contributed by atoms with Gasteiger partial charge in [-0.05, 0) is 12.8 Å². The van der Waals surface area contributed by atoms with Crippen LogP contribution in [0.1, 0.15) is 148 Å². The lowest BCUT2D eigenvalue weighted by molar-refractivity contribution is 0.122. The van der Waals surface area contributed by atoms with Gasteiger partial charge in [-0.2, -0.15) is 0 Å². The summed E-state index contributed by atoms with van der Waals surface area (Å²) in [6, 6.07) is 0.937. The Labute approximate surface area is 214 Å². The van der Waals surface area contributed by atoms with Crippen LogP contribution in [0, 0.1) is 0 Å². The molecule has 0 aliphatic rings. The molecule has 0 spiro atoms. The number of hydrogen-bond acceptors (Lipinski definition) is 3. The molecule has 0 bridgehead atoms. The van der Waals surface area contributed by atoms with Gasteiger partial charge in [0.15, 0.2) is 0 Å². The van der Waals surface area contributed by atoms with E-state index in [1.165, 1.54) is 141 Å². The Kier molecular flexibility index (Phi) is 27.3. The summed E-state index contributed by atoms with van der Waals surface area (Å²) in [7, 11) is 2.77. The van der Waals surface area contributed by atoms with Gasteiger partial charge in [-0.1, -0.05) is 135 Å². The van der Waals surface area contributed by atoms with Gasteiger partial charge in [-0.3, -0.25) is 0 Å². The summed E-state index contributed by atoms with van der Waals surface area (Å²) >= 11 is 5.71. The third kappa shape index (κ3) is 22.6. The zero-order valence-corrected chi connectivity index (χ0v) is 24.5. The van der Waals surface area contributed by atoms with Crippen molar-refractivity contribution in [3.8, 4) is 0 Å². The largest absolute Gasteiger partial charge is 0.500 e. The van der Waals surface area contributed by atoms with Crippen LogP contribution in [0.15, 0.2) is 0 Å². The second-order valence-corrected chi connectivity index (χ2v) is 13.3. The van der Waals surface area contributed by atoms with Crippen molar-refractivity contribution in [3.05, 3.63) is 0 Å². The molecule has 0 saturated carbocycles. The highest BCUT2D eigenvalue weighted by atomic mass is 35.5. The highest BCUT2D eigenvalue weighted by molar-refractivity contribution is 6.60. The third-order valence-electron chi connectivity index (χ3n) is 7.05. The molecule has 0 fully saturated rings. The minimum Gasteiger partial charge on any atom is -0.377 e. The molecule has 0 atom stereocenters. The van der Waals surface area contributed by atoms with Gasteiger partial charge >= 0.3 is 8.80 Å². The predicted molar refractivity (Wildman–Crippen MR) is 148 cm³/mol. The monoisotopic (exact) mass is 506 g/mol. The molecule has 33 heavy (non-hydrogen) atoms. The molecule has 0 rings (SSSR count). The second-order valence-electron chi connectivity index (χ2n) is 9.87. The SMILES string of the molecule is CO[Si](CCCCCCCCCCCCCCCCCCCCCCCCCCl)(OC)OC. The molecule has 5 heteroatoms. The first-order valence-corrected chi connectivity index (χ1v) is 16.9. The Bertz CT molecular complexity index is 359. The van der Waals surface area contributed by atoms with E-state index < -0.39 is 8.80 Å². The van der Waals surface area contributed by atoms with Crippen molar-refractivity contribution < 1.29 is 13.3 Å². The van der Waals surface area contributed by atoms with Gasteiger partial charge in [0.2, 0.25) is 0 Å². The van der Waals surface area contributed by atoms with Crippen LogP contribution in [0.5, 0.6) is 0 Å². The lowest BCUT2D eigenvalue weighted by Gasteiger charge is -2.24. The summed E-state index contributed by atoms with van der Waals surface area (Å²) in [5.74, 6) is 0.838. The van der Waals surface area contributed by atoms with E-state index in [1.54, 1.807) is 21.3 Å². The van der Waals surface area contributed by atoms with E-state index in [0.29, 0.717) is 0 Å². The Morgan fingerprint density at radius 3 is 0.788 bits per heavy atom. The fraction of sp³-hybridized carbons (Fsp3) is 1.00. The van der Waals surface area contributed by atoms with Crippen molar-refractivity contribution in [2.75, 3.05) is 27.2 Å². The fourth-order valence-corrected chi connectivity index (χ4v) is 6.69. The van der Waals surface area contributed by atoms with Gasteiger partial charge in [0.1, 0.15) is 0 Å². The molecule has 3 nitrogen and oxygen atoms in total. The molecule has 0 saturated heterocycles. The first-order valence-electron chi connectivity index (χ1n) is 14.5. The summed E-state index contributed by atoms with van der Waals surface area (Å²) < 4.78 is 16.4. The van der Waals surface area contributed by atoms with Crippen LogP contribution >= 0.6 is 11.6 Å². The molecular weight excluding hydrogens is 448 g/mol. The van der Waals surface area contributed by atoms with E-state index in [9.17, 15) is 0 Å². The average Bonchev–Trinajstić information content (AvgIpc) is 2.84. The highest BCUT2D eigenvalue weighted by Gasteiger charge is 2.36. The van der Waals surface area contributed by atoms with Gasteiger partial charge in [0.25, 0.3) is 0 Å². The van der Waals surface area contributed by atoms with E-state index >= 15 is 0 Å².